The van der Waals surface area contributed by atoms with Gasteiger partial charge in [0.1, 0.15) is 35.0 Å². The first-order valence-corrected chi connectivity index (χ1v) is 12.1. The molecule has 0 bridgehead atoms. The molecule has 0 aliphatic carbocycles. The molecule has 0 fully saturated rings. The second-order valence-electron chi connectivity index (χ2n) is 8.70. The Hall–Kier alpha value is -3.79. The molecule has 3 aromatic rings. The molecule has 0 aliphatic rings. The number of benzene rings is 2. The standard InChI is InChI=1S/C28H33N3O4/c1-4-5-6-8-19(2)26(27-24(18-29)23-17-22(34-3)13-14-25(23)35-27)31-21-11-9-20(10-12-21)28(33)30-15-7-16-32/h9-14,16-17,19,26,31H,4-8,15H2,1-3H3,(H,30,33). The number of nitriles is 1. The molecule has 2 N–H and O–H groups in total. The van der Waals surface area contributed by atoms with Crippen molar-refractivity contribution in [1.82, 2.24) is 5.32 Å². The van der Waals surface area contributed by atoms with Crippen LogP contribution in [0.15, 0.2) is 46.9 Å². The van der Waals surface area contributed by atoms with E-state index in [0.29, 0.717) is 34.8 Å². The molecule has 2 atom stereocenters. The van der Waals surface area contributed by atoms with E-state index in [1.54, 1.807) is 19.2 Å². The molecule has 2 aromatic carbocycles. The zero-order valence-corrected chi connectivity index (χ0v) is 20.6. The molecule has 0 aliphatic heterocycles. The smallest absolute Gasteiger partial charge is 0.251 e. The number of ether oxygens (including phenoxy) is 1. The highest BCUT2D eigenvalue weighted by Crippen LogP contribution is 2.38. The van der Waals surface area contributed by atoms with Crippen molar-refractivity contribution in [2.45, 2.75) is 52.0 Å². The number of nitrogens with one attached hydrogen (secondary N) is 2. The van der Waals surface area contributed by atoms with Crippen LogP contribution < -0.4 is 15.4 Å². The predicted octanol–water partition coefficient (Wildman–Crippen LogP) is 6.00. The lowest BCUT2D eigenvalue weighted by Crippen LogP contribution is -2.24. The highest BCUT2D eigenvalue weighted by atomic mass is 16.5. The van der Waals surface area contributed by atoms with E-state index in [0.717, 1.165) is 43.0 Å². The molecule has 1 heterocycles. The van der Waals surface area contributed by atoms with Crippen LogP contribution in [0.3, 0.4) is 0 Å². The highest BCUT2D eigenvalue weighted by molar-refractivity contribution is 5.94. The molecule has 1 amide bonds. The molecule has 0 radical (unpaired) electrons. The van der Waals surface area contributed by atoms with Crippen molar-refractivity contribution in [3.05, 3.63) is 59.4 Å². The van der Waals surface area contributed by atoms with Gasteiger partial charge in [-0.05, 0) is 54.8 Å². The molecular weight excluding hydrogens is 442 g/mol. The Morgan fingerprint density at radius 2 is 1.97 bits per heavy atom. The van der Waals surface area contributed by atoms with E-state index in [2.05, 4.69) is 30.6 Å². The van der Waals surface area contributed by atoms with E-state index in [1.165, 1.54) is 0 Å². The van der Waals surface area contributed by atoms with E-state index < -0.39 is 0 Å². The summed E-state index contributed by atoms with van der Waals surface area (Å²) in [6.45, 7) is 4.65. The van der Waals surface area contributed by atoms with Crippen molar-refractivity contribution < 1.29 is 18.7 Å². The lowest BCUT2D eigenvalue weighted by Gasteiger charge is -2.25. The van der Waals surface area contributed by atoms with Crippen molar-refractivity contribution in [2.75, 3.05) is 19.0 Å². The normalized spacial score (nSPS) is 12.5. The van der Waals surface area contributed by atoms with Gasteiger partial charge in [0.05, 0.1) is 13.2 Å². The van der Waals surface area contributed by atoms with Gasteiger partial charge in [0.15, 0.2) is 0 Å². The molecule has 35 heavy (non-hydrogen) atoms. The quantitative estimate of drug-likeness (QED) is 0.232. The largest absolute Gasteiger partial charge is 0.497 e. The molecule has 0 saturated carbocycles. The van der Waals surface area contributed by atoms with E-state index in [9.17, 15) is 14.9 Å². The Kier molecular flexibility index (Phi) is 9.31. The molecule has 1 aromatic heterocycles. The Bertz CT molecular complexity index is 1180. The monoisotopic (exact) mass is 475 g/mol. The third kappa shape index (κ3) is 6.42. The van der Waals surface area contributed by atoms with Gasteiger partial charge in [-0.25, -0.2) is 0 Å². The molecule has 3 rings (SSSR count). The van der Waals surface area contributed by atoms with E-state index in [4.69, 9.17) is 9.15 Å². The van der Waals surface area contributed by atoms with Gasteiger partial charge < -0.3 is 24.6 Å². The van der Waals surface area contributed by atoms with Gasteiger partial charge in [-0.3, -0.25) is 4.79 Å². The van der Waals surface area contributed by atoms with Gasteiger partial charge >= 0.3 is 0 Å². The zero-order valence-electron chi connectivity index (χ0n) is 20.6. The minimum absolute atomic E-state index is 0.197. The number of amides is 1. The number of hydrogen-bond donors (Lipinski definition) is 2. The molecule has 7 nitrogen and oxygen atoms in total. The lowest BCUT2D eigenvalue weighted by atomic mass is 9.91. The molecule has 0 saturated heterocycles. The van der Waals surface area contributed by atoms with Crippen LogP contribution in [0, 0.1) is 17.2 Å². The first kappa shape index (κ1) is 25.8. The van der Waals surface area contributed by atoms with Crippen LogP contribution >= 0.6 is 0 Å². The van der Waals surface area contributed by atoms with Crippen molar-refractivity contribution in [1.29, 1.82) is 5.26 Å². The lowest BCUT2D eigenvalue weighted by molar-refractivity contribution is -0.107. The summed E-state index contributed by atoms with van der Waals surface area (Å²) in [5, 5.41) is 17.0. The van der Waals surface area contributed by atoms with Gasteiger partial charge in [0.25, 0.3) is 5.91 Å². The number of carbonyl (C=O) groups is 2. The summed E-state index contributed by atoms with van der Waals surface area (Å²) in [5.41, 5.74) is 2.49. The topological polar surface area (TPSA) is 104 Å². The average Bonchev–Trinajstić information content (AvgIpc) is 3.25. The number of rotatable bonds is 13. The Morgan fingerprint density at radius 1 is 1.20 bits per heavy atom. The van der Waals surface area contributed by atoms with E-state index in [1.807, 2.05) is 30.3 Å². The number of unbranched alkanes of at least 4 members (excludes halogenated alkanes) is 2. The number of anilines is 1. The number of hydrogen-bond acceptors (Lipinski definition) is 6. The van der Waals surface area contributed by atoms with Crippen LogP contribution in [-0.2, 0) is 4.79 Å². The third-order valence-corrected chi connectivity index (χ3v) is 6.17. The highest BCUT2D eigenvalue weighted by Gasteiger charge is 2.28. The van der Waals surface area contributed by atoms with Crippen molar-refractivity contribution in [2.24, 2.45) is 5.92 Å². The molecule has 184 valence electrons. The SMILES string of the molecule is CCCCCC(C)C(Nc1ccc(C(=O)NCCC=O)cc1)c1oc2ccc(OC)cc2c1C#N. The van der Waals surface area contributed by atoms with Gasteiger partial charge in [-0.1, -0.05) is 33.1 Å². The second-order valence-corrected chi connectivity index (χ2v) is 8.70. The van der Waals surface area contributed by atoms with Gasteiger partial charge in [0.2, 0.25) is 0 Å². The van der Waals surface area contributed by atoms with Crippen LogP contribution in [0.2, 0.25) is 0 Å². The van der Waals surface area contributed by atoms with E-state index >= 15 is 0 Å². The summed E-state index contributed by atoms with van der Waals surface area (Å²) in [7, 11) is 1.60. The predicted molar refractivity (Wildman–Crippen MR) is 137 cm³/mol. The van der Waals surface area contributed by atoms with Crippen LogP contribution in [0.25, 0.3) is 11.0 Å². The summed E-state index contributed by atoms with van der Waals surface area (Å²) in [6.07, 6.45) is 5.41. The number of carbonyl (C=O) groups excluding carboxylic acids is 2. The van der Waals surface area contributed by atoms with Crippen LogP contribution in [-0.4, -0.2) is 25.8 Å². The molecule has 2 unspecified atom stereocenters. The van der Waals surface area contributed by atoms with Gasteiger partial charge in [-0.15, -0.1) is 0 Å². The van der Waals surface area contributed by atoms with Crippen LogP contribution in [0.1, 0.15) is 73.7 Å². The summed E-state index contributed by atoms with van der Waals surface area (Å²) < 4.78 is 11.6. The summed E-state index contributed by atoms with van der Waals surface area (Å²) in [4.78, 5) is 22.7. The number of furan rings is 1. The fourth-order valence-electron chi connectivity index (χ4n) is 4.15. The third-order valence-electron chi connectivity index (χ3n) is 6.17. The minimum atomic E-state index is -0.229. The summed E-state index contributed by atoms with van der Waals surface area (Å²) in [6, 6.07) is 14.8. The fourth-order valence-corrected chi connectivity index (χ4v) is 4.15. The first-order chi connectivity index (χ1) is 17.0. The second kappa shape index (κ2) is 12.6. The maximum atomic E-state index is 12.3. The average molecular weight is 476 g/mol. The fraction of sp³-hybridized carbons (Fsp3) is 0.393. The molecule has 7 heteroatoms. The number of fused-ring (bicyclic) bond motifs is 1. The van der Waals surface area contributed by atoms with Crippen LogP contribution in [0.4, 0.5) is 5.69 Å². The van der Waals surface area contributed by atoms with Crippen molar-refractivity contribution in [3.8, 4) is 11.8 Å². The van der Waals surface area contributed by atoms with Crippen molar-refractivity contribution >= 4 is 28.8 Å². The number of methoxy groups -OCH3 is 1. The van der Waals surface area contributed by atoms with Crippen LogP contribution in [0.5, 0.6) is 5.75 Å². The Labute approximate surface area is 206 Å². The Morgan fingerprint density at radius 3 is 2.63 bits per heavy atom. The van der Waals surface area contributed by atoms with E-state index in [-0.39, 0.29) is 24.3 Å². The summed E-state index contributed by atoms with van der Waals surface area (Å²) >= 11 is 0. The maximum Gasteiger partial charge on any atom is 0.251 e. The number of nitrogens with zero attached hydrogens (tertiary/aromatic N) is 1. The van der Waals surface area contributed by atoms with Crippen molar-refractivity contribution in [3.63, 3.8) is 0 Å². The Balaban J connectivity index is 1.90. The maximum absolute atomic E-state index is 12.3. The zero-order chi connectivity index (χ0) is 25.2. The molecular formula is C28H33N3O4. The molecule has 0 spiro atoms. The minimum Gasteiger partial charge on any atom is -0.497 e. The summed E-state index contributed by atoms with van der Waals surface area (Å²) in [5.74, 6) is 1.25. The first-order valence-electron chi connectivity index (χ1n) is 12.1. The van der Waals surface area contributed by atoms with Gasteiger partial charge in [-0.2, -0.15) is 5.26 Å². The van der Waals surface area contributed by atoms with Gasteiger partial charge in [0, 0.05) is 29.6 Å². The number of aldehydes is 1.